The van der Waals surface area contributed by atoms with Crippen LogP contribution in [-0.4, -0.2) is 37.2 Å². The lowest BCUT2D eigenvalue weighted by molar-refractivity contribution is -0.167. The molecule has 0 aliphatic heterocycles. The average molecular weight is 1130 g/mol. The summed E-state index contributed by atoms with van der Waals surface area (Å²) in [5.74, 6) is -0.849. The largest absolute Gasteiger partial charge is 0.462 e. The highest BCUT2D eigenvalue weighted by atomic mass is 16.6. The fourth-order valence-electron chi connectivity index (χ4n) is 10.2. The van der Waals surface area contributed by atoms with Gasteiger partial charge in [0, 0.05) is 19.3 Å². The minimum absolute atomic E-state index is 0.0693. The van der Waals surface area contributed by atoms with Crippen molar-refractivity contribution in [3.8, 4) is 0 Å². The Morgan fingerprint density at radius 1 is 0.259 bits per heavy atom. The number of ether oxygens (including phenoxy) is 3. The highest BCUT2D eigenvalue weighted by Gasteiger charge is 2.19. The van der Waals surface area contributed by atoms with Crippen LogP contribution in [0.3, 0.4) is 0 Å². The molecule has 0 aromatic carbocycles. The third kappa shape index (κ3) is 67.3. The van der Waals surface area contributed by atoms with E-state index < -0.39 is 6.10 Å². The van der Waals surface area contributed by atoms with Crippen molar-refractivity contribution in [1.82, 2.24) is 0 Å². The molecule has 0 bridgehead atoms. The zero-order valence-electron chi connectivity index (χ0n) is 53.8. The van der Waals surface area contributed by atoms with Gasteiger partial charge in [0.05, 0.1) is 0 Å². The van der Waals surface area contributed by atoms with Crippen molar-refractivity contribution in [2.24, 2.45) is 0 Å². The minimum Gasteiger partial charge on any atom is -0.462 e. The van der Waals surface area contributed by atoms with Gasteiger partial charge in [-0.2, -0.15) is 0 Å². The zero-order chi connectivity index (χ0) is 58.5. The SMILES string of the molecule is CC/C=C\C/C=C\C/C=C\C/C=C\C/C=C\C/C=C\C/C=C\CCCCCCCCCCCCCCCC(=O)OCC(COC(=O)CCCCCCCCCCCCCC)OC(=O)CCCCCCCCCCCCCCCCCC. The maximum Gasteiger partial charge on any atom is 0.306 e. The van der Waals surface area contributed by atoms with Crippen molar-refractivity contribution < 1.29 is 28.6 Å². The van der Waals surface area contributed by atoms with Gasteiger partial charge in [-0.05, 0) is 77.0 Å². The predicted octanol–water partition coefficient (Wildman–Crippen LogP) is 24.2. The van der Waals surface area contributed by atoms with E-state index in [0.29, 0.717) is 19.3 Å². The van der Waals surface area contributed by atoms with Gasteiger partial charge >= 0.3 is 17.9 Å². The monoisotopic (exact) mass is 1130 g/mol. The molecule has 1 atom stereocenters. The van der Waals surface area contributed by atoms with Crippen LogP contribution < -0.4 is 0 Å². The van der Waals surface area contributed by atoms with Crippen molar-refractivity contribution in [3.05, 3.63) is 85.1 Å². The molecule has 0 aliphatic carbocycles. The molecule has 0 fully saturated rings. The van der Waals surface area contributed by atoms with Crippen molar-refractivity contribution >= 4 is 17.9 Å². The van der Waals surface area contributed by atoms with Gasteiger partial charge in [-0.25, -0.2) is 0 Å². The Labute approximate surface area is 503 Å². The quantitative estimate of drug-likeness (QED) is 0.0261. The Balaban J connectivity index is 4.14. The lowest BCUT2D eigenvalue weighted by Gasteiger charge is -2.18. The molecule has 0 N–H and O–H groups in total. The van der Waals surface area contributed by atoms with Crippen LogP contribution in [0.1, 0.15) is 355 Å². The molecular weight excluding hydrogens is 997 g/mol. The van der Waals surface area contributed by atoms with E-state index in [1.54, 1.807) is 0 Å². The Kier molecular flexibility index (Phi) is 66.2. The van der Waals surface area contributed by atoms with Crippen LogP contribution in [0.15, 0.2) is 85.1 Å². The highest BCUT2D eigenvalue weighted by molar-refractivity contribution is 5.71. The van der Waals surface area contributed by atoms with Crippen molar-refractivity contribution in [1.29, 1.82) is 0 Å². The molecule has 6 nitrogen and oxygen atoms in total. The summed E-state index contributed by atoms with van der Waals surface area (Å²) in [7, 11) is 0. The molecule has 0 heterocycles. The third-order valence-corrected chi connectivity index (χ3v) is 15.4. The molecule has 81 heavy (non-hydrogen) atoms. The molecule has 468 valence electrons. The molecule has 0 saturated heterocycles. The summed E-state index contributed by atoms with van der Waals surface area (Å²) in [5.41, 5.74) is 0. The van der Waals surface area contributed by atoms with Gasteiger partial charge in [-0.15, -0.1) is 0 Å². The van der Waals surface area contributed by atoms with Gasteiger partial charge in [-0.3, -0.25) is 14.4 Å². The standard InChI is InChI=1S/C75H132O6/c1-4-7-10-13-16-19-22-25-27-29-30-31-32-33-34-35-36-37-38-39-40-41-42-43-44-45-46-47-49-50-53-56-59-62-65-68-74(77)80-71-72(70-79-73(76)67-64-61-58-55-52-24-21-18-15-12-9-6-3)81-75(78)69-66-63-60-57-54-51-48-28-26-23-20-17-14-11-8-5-2/h7,10,16,19,25,27,30-31,33-34,36-37,39-40,72H,4-6,8-9,11-15,17-18,20-24,26,28-29,32,35,38,41-71H2,1-3H3/b10-7-,19-16-,27-25-,31-30-,34-33-,37-36-,40-39-. The zero-order valence-corrected chi connectivity index (χ0v) is 53.8. The van der Waals surface area contributed by atoms with E-state index in [1.807, 2.05) is 0 Å². The maximum atomic E-state index is 12.9. The smallest absolute Gasteiger partial charge is 0.306 e. The van der Waals surface area contributed by atoms with Gasteiger partial charge in [-0.1, -0.05) is 343 Å². The van der Waals surface area contributed by atoms with Gasteiger partial charge in [0.1, 0.15) is 13.2 Å². The van der Waals surface area contributed by atoms with E-state index in [2.05, 4.69) is 106 Å². The summed E-state index contributed by atoms with van der Waals surface area (Å²) in [5, 5.41) is 0. The van der Waals surface area contributed by atoms with Crippen LogP contribution in [-0.2, 0) is 28.6 Å². The molecule has 0 aromatic rings. The third-order valence-electron chi connectivity index (χ3n) is 15.4. The second-order valence-corrected chi connectivity index (χ2v) is 23.4. The minimum atomic E-state index is -0.772. The van der Waals surface area contributed by atoms with E-state index in [0.717, 1.165) is 103 Å². The van der Waals surface area contributed by atoms with Crippen LogP contribution in [0.25, 0.3) is 0 Å². The van der Waals surface area contributed by atoms with Gasteiger partial charge < -0.3 is 14.2 Å². The fraction of sp³-hybridized carbons (Fsp3) is 0.773. The lowest BCUT2D eigenvalue weighted by atomic mass is 10.0. The second kappa shape index (κ2) is 69.1. The molecule has 0 aliphatic rings. The number of rotatable bonds is 64. The molecule has 6 heteroatoms. The Morgan fingerprint density at radius 2 is 0.481 bits per heavy atom. The topological polar surface area (TPSA) is 78.9 Å². The van der Waals surface area contributed by atoms with Crippen LogP contribution >= 0.6 is 0 Å². The summed E-state index contributed by atoms with van der Waals surface area (Å²) in [6.07, 6.45) is 91.8. The number of unbranched alkanes of at least 4 members (excludes halogenated alkanes) is 39. The summed E-state index contributed by atoms with van der Waals surface area (Å²) in [4.78, 5) is 38.3. The summed E-state index contributed by atoms with van der Waals surface area (Å²) in [6, 6.07) is 0. The van der Waals surface area contributed by atoms with Crippen LogP contribution in [0.5, 0.6) is 0 Å². The molecular formula is C75H132O6. The second-order valence-electron chi connectivity index (χ2n) is 23.4. The van der Waals surface area contributed by atoms with E-state index in [-0.39, 0.29) is 31.1 Å². The number of allylic oxidation sites excluding steroid dienone is 14. The first-order chi connectivity index (χ1) is 40.0. The van der Waals surface area contributed by atoms with E-state index >= 15 is 0 Å². The number of carbonyl (C=O) groups is 3. The Bertz CT molecular complexity index is 1530. The summed E-state index contributed by atoms with van der Waals surface area (Å²) >= 11 is 0. The average Bonchev–Trinajstić information content (AvgIpc) is 3.47. The fourth-order valence-corrected chi connectivity index (χ4v) is 10.2. The molecule has 0 rings (SSSR count). The molecule has 0 saturated carbocycles. The van der Waals surface area contributed by atoms with Crippen LogP contribution in [0.4, 0.5) is 0 Å². The van der Waals surface area contributed by atoms with Gasteiger partial charge in [0.25, 0.3) is 0 Å². The normalized spacial score (nSPS) is 12.6. The highest BCUT2D eigenvalue weighted by Crippen LogP contribution is 2.18. The number of carbonyl (C=O) groups excluding carboxylic acids is 3. The first-order valence-corrected chi connectivity index (χ1v) is 35.1. The Hall–Kier alpha value is -3.41. The lowest BCUT2D eigenvalue weighted by Crippen LogP contribution is -2.30. The maximum absolute atomic E-state index is 12.9. The first-order valence-electron chi connectivity index (χ1n) is 35.1. The summed E-state index contributed by atoms with van der Waals surface area (Å²) < 4.78 is 17.0. The van der Waals surface area contributed by atoms with Gasteiger partial charge in [0.2, 0.25) is 0 Å². The molecule has 0 aromatic heterocycles. The molecule has 0 radical (unpaired) electrons. The van der Waals surface area contributed by atoms with Crippen LogP contribution in [0, 0.1) is 0 Å². The van der Waals surface area contributed by atoms with Crippen molar-refractivity contribution in [2.75, 3.05) is 13.2 Å². The van der Waals surface area contributed by atoms with Crippen molar-refractivity contribution in [2.45, 2.75) is 361 Å². The Morgan fingerprint density at radius 3 is 0.753 bits per heavy atom. The number of esters is 3. The summed E-state index contributed by atoms with van der Waals surface area (Å²) in [6.45, 7) is 6.57. The number of hydrogen-bond donors (Lipinski definition) is 0. The predicted molar refractivity (Wildman–Crippen MR) is 353 cm³/mol. The van der Waals surface area contributed by atoms with E-state index in [9.17, 15) is 14.4 Å². The molecule has 1 unspecified atom stereocenters. The first kappa shape index (κ1) is 77.6. The number of hydrogen-bond acceptors (Lipinski definition) is 6. The van der Waals surface area contributed by atoms with E-state index in [1.165, 1.54) is 212 Å². The van der Waals surface area contributed by atoms with Crippen LogP contribution in [0.2, 0.25) is 0 Å². The molecule has 0 amide bonds. The van der Waals surface area contributed by atoms with Gasteiger partial charge in [0.15, 0.2) is 6.10 Å². The molecule has 0 spiro atoms. The van der Waals surface area contributed by atoms with Crippen molar-refractivity contribution in [3.63, 3.8) is 0 Å². The van der Waals surface area contributed by atoms with E-state index in [4.69, 9.17) is 14.2 Å².